The fourth-order valence-electron chi connectivity index (χ4n) is 4.78. The van der Waals surface area contributed by atoms with Gasteiger partial charge < -0.3 is 14.4 Å². The molecule has 0 bridgehead atoms. The molecule has 5 rings (SSSR count). The van der Waals surface area contributed by atoms with Crippen LogP contribution in [-0.4, -0.2) is 57.7 Å². The van der Waals surface area contributed by atoms with Crippen LogP contribution in [0.4, 0.5) is 4.79 Å². The smallest absolute Gasteiger partial charge is 0.362 e. The molecule has 1 aliphatic rings. The SMILES string of the molecule is CC.COc1cncc(OC)c1-c1ccc(-c2cnn(C(=O)N3CCCCC3Cc3ccccc3)n2)cc1. The Bertz CT molecular complexity index is 1300. The molecule has 0 spiro atoms. The summed E-state index contributed by atoms with van der Waals surface area (Å²) < 4.78 is 11.0. The molecule has 1 amide bonds. The first-order valence-electron chi connectivity index (χ1n) is 13.1. The molecule has 1 fully saturated rings. The maximum atomic E-state index is 13.4. The summed E-state index contributed by atoms with van der Waals surface area (Å²) in [5.74, 6) is 1.26. The van der Waals surface area contributed by atoms with Crippen LogP contribution in [0, 0.1) is 0 Å². The second-order valence-electron chi connectivity index (χ2n) is 8.83. The summed E-state index contributed by atoms with van der Waals surface area (Å²) in [6, 6.07) is 18.1. The number of carbonyl (C=O) groups excluding carboxylic acids is 1. The highest BCUT2D eigenvalue weighted by Crippen LogP contribution is 2.37. The molecule has 0 aliphatic carbocycles. The van der Waals surface area contributed by atoms with Crippen LogP contribution in [0.15, 0.2) is 73.2 Å². The van der Waals surface area contributed by atoms with Crippen LogP contribution in [0.2, 0.25) is 0 Å². The van der Waals surface area contributed by atoms with Crippen molar-refractivity contribution in [2.45, 2.75) is 45.6 Å². The van der Waals surface area contributed by atoms with Crippen LogP contribution in [0.1, 0.15) is 38.7 Å². The summed E-state index contributed by atoms with van der Waals surface area (Å²) >= 11 is 0. The Morgan fingerprint density at radius 1 is 0.895 bits per heavy atom. The summed E-state index contributed by atoms with van der Waals surface area (Å²) in [6.07, 6.45) is 8.90. The van der Waals surface area contributed by atoms with Crippen molar-refractivity contribution in [3.8, 4) is 33.9 Å². The van der Waals surface area contributed by atoms with Gasteiger partial charge in [-0.2, -0.15) is 5.10 Å². The number of likely N-dealkylation sites (tertiary alicyclic amines) is 1. The average Bonchev–Trinajstić information content (AvgIpc) is 3.49. The summed E-state index contributed by atoms with van der Waals surface area (Å²) in [4.78, 5) is 20.7. The maximum Gasteiger partial charge on any atom is 0.362 e. The van der Waals surface area contributed by atoms with Crippen LogP contribution in [0.3, 0.4) is 0 Å². The Hall–Kier alpha value is -4.20. The van der Waals surface area contributed by atoms with E-state index in [4.69, 9.17) is 9.47 Å². The molecule has 3 heterocycles. The largest absolute Gasteiger partial charge is 0.494 e. The van der Waals surface area contributed by atoms with Gasteiger partial charge in [0.2, 0.25) is 0 Å². The first-order valence-corrected chi connectivity index (χ1v) is 13.1. The zero-order chi connectivity index (χ0) is 26.9. The van der Waals surface area contributed by atoms with Crippen molar-refractivity contribution in [2.24, 2.45) is 0 Å². The molecule has 2 aromatic carbocycles. The number of amides is 1. The number of ether oxygens (including phenoxy) is 2. The van der Waals surface area contributed by atoms with Gasteiger partial charge >= 0.3 is 6.03 Å². The van der Waals surface area contributed by atoms with Crippen molar-refractivity contribution in [1.82, 2.24) is 24.9 Å². The van der Waals surface area contributed by atoms with E-state index in [2.05, 4.69) is 27.3 Å². The lowest BCUT2D eigenvalue weighted by Gasteiger charge is -2.35. The van der Waals surface area contributed by atoms with Gasteiger partial charge in [0.05, 0.1) is 38.4 Å². The first kappa shape index (κ1) is 26.9. The van der Waals surface area contributed by atoms with Gasteiger partial charge in [0.15, 0.2) is 0 Å². The number of piperidine rings is 1. The second kappa shape index (κ2) is 12.9. The fourth-order valence-corrected chi connectivity index (χ4v) is 4.78. The number of hydrogen-bond acceptors (Lipinski definition) is 6. The van der Waals surface area contributed by atoms with Crippen molar-refractivity contribution in [2.75, 3.05) is 20.8 Å². The van der Waals surface area contributed by atoms with E-state index in [0.29, 0.717) is 17.2 Å². The van der Waals surface area contributed by atoms with E-state index in [0.717, 1.165) is 48.9 Å². The molecule has 1 aliphatic heterocycles. The lowest BCUT2D eigenvalue weighted by Crippen LogP contribution is -2.47. The van der Waals surface area contributed by atoms with Gasteiger partial charge in [0.1, 0.15) is 17.2 Å². The summed E-state index contributed by atoms with van der Waals surface area (Å²) in [5.41, 5.74) is 4.49. The zero-order valence-electron chi connectivity index (χ0n) is 22.5. The molecule has 8 heteroatoms. The van der Waals surface area contributed by atoms with E-state index in [1.807, 2.05) is 61.2 Å². The molecule has 38 heavy (non-hydrogen) atoms. The number of rotatable bonds is 6. The number of aromatic nitrogens is 4. The van der Waals surface area contributed by atoms with Gasteiger partial charge in [0, 0.05) is 18.2 Å². The number of hydrogen-bond donors (Lipinski definition) is 0. The van der Waals surface area contributed by atoms with Crippen LogP contribution < -0.4 is 9.47 Å². The maximum absolute atomic E-state index is 13.4. The molecule has 0 saturated carbocycles. The third kappa shape index (κ3) is 5.85. The van der Waals surface area contributed by atoms with E-state index < -0.39 is 0 Å². The molecule has 1 saturated heterocycles. The van der Waals surface area contributed by atoms with Gasteiger partial charge in [-0.1, -0.05) is 73.2 Å². The van der Waals surface area contributed by atoms with Crippen molar-refractivity contribution >= 4 is 6.03 Å². The summed E-state index contributed by atoms with van der Waals surface area (Å²) in [7, 11) is 3.22. The second-order valence-corrected chi connectivity index (χ2v) is 8.83. The normalized spacial score (nSPS) is 14.8. The molecular formula is C30H35N5O3. The van der Waals surface area contributed by atoms with Crippen LogP contribution in [-0.2, 0) is 6.42 Å². The van der Waals surface area contributed by atoms with Crippen LogP contribution in [0.5, 0.6) is 11.5 Å². The molecule has 0 N–H and O–H groups in total. The number of benzene rings is 2. The molecule has 0 radical (unpaired) electrons. The standard InChI is InChI=1S/C28H29N5O3.C2H6/c1-35-25-18-29-19-26(36-2)27(25)22-13-11-21(12-14-22)24-17-30-33(31-24)28(34)32-15-7-6-10-23(32)16-20-8-4-3-5-9-20;1-2/h3-5,8-9,11-14,17-19,23H,6-7,10,15-16H2,1-2H3;1-2H3. The Morgan fingerprint density at radius 3 is 2.21 bits per heavy atom. The Morgan fingerprint density at radius 2 is 1.55 bits per heavy atom. The highest BCUT2D eigenvalue weighted by Gasteiger charge is 2.29. The molecule has 198 valence electrons. The fraction of sp³-hybridized carbons (Fsp3) is 0.333. The number of pyridine rings is 1. The van der Waals surface area contributed by atoms with E-state index in [1.54, 1.807) is 32.8 Å². The van der Waals surface area contributed by atoms with Crippen molar-refractivity contribution in [3.05, 3.63) is 78.8 Å². The molecule has 4 aromatic rings. The van der Waals surface area contributed by atoms with Gasteiger partial charge in [-0.15, -0.1) is 5.10 Å². The average molecular weight is 514 g/mol. The number of nitrogens with zero attached hydrogens (tertiary/aromatic N) is 5. The molecular weight excluding hydrogens is 478 g/mol. The predicted molar refractivity (Wildman–Crippen MR) is 148 cm³/mol. The third-order valence-electron chi connectivity index (χ3n) is 6.64. The molecule has 1 atom stereocenters. The van der Waals surface area contributed by atoms with E-state index >= 15 is 0 Å². The lowest BCUT2D eigenvalue weighted by atomic mass is 9.96. The van der Waals surface area contributed by atoms with E-state index in [-0.39, 0.29) is 12.1 Å². The Balaban J connectivity index is 0.00000164. The van der Waals surface area contributed by atoms with Gasteiger partial charge in [-0.05, 0) is 36.8 Å². The third-order valence-corrected chi connectivity index (χ3v) is 6.64. The van der Waals surface area contributed by atoms with Crippen LogP contribution >= 0.6 is 0 Å². The van der Waals surface area contributed by atoms with Gasteiger partial charge in [-0.25, -0.2) is 4.79 Å². The number of carbonyl (C=O) groups is 1. The molecule has 2 aromatic heterocycles. The first-order chi connectivity index (χ1) is 18.7. The van der Waals surface area contributed by atoms with Crippen molar-refractivity contribution < 1.29 is 14.3 Å². The van der Waals surface area contributed by atoms with Crippen molar-refractivity contribution in [3.63, 3.8) is 0 Å². The topological polar surface area (TPSA) is 82.4 Å². The lowest BCUT2D eigenvalue weighted by molar-refractivity contribution is 0.146. The minimum Gasteiger partial charge on any atom is -0.494 e. The minimum atomic E-state index is -0.176. The molecule has 8 nitrogen and oxygen atoms in total. The van der Waals surface area contributed by atoms with Gasteiger partial charge in [0.25, 0.3) is 0 Å². The zero-order valence-corrected chi connectivity index (χ0v) is 22.5. The minimum absolute atomic E-state index is 0.146. The number of methoxy groups -OCH3 is 2. The summed E-state index contributed by atoms with van der Waals surface area (Å²) in [6.45, 7) is 4.72. The molecule has 1 unspecified atom stereocenters. The monoisotopic (exact) mass is 513 g/mol. The van der Waals surface area contributed by atoms with Crippen LogP contribution in [0.25, 0.3) is 22.4 Å². The quantitative estimate of drug-likeness (QED) is 0.309. The van der Waals surface area contributed by atoms with E-state index in [1.165, 1.54) is 10.4 Å². The highest BCUT2D eigenvalue weighted by molar-refractivity contribution is 5.78. The summed E-state index contributed by atoms with van der Waals surface area (Å²) in [5, 5.41) is 8.83. The van der Waals surface area contributed by atoms with Gasteiger partial charge in [-0.3, -0.25) is 4.98 Å². The Kier molecular flexibility index (Phi) is 9.08. The highest BCUT2D eigenvalue weighted by atomic mass is 16.5. The van der Waals surface area contributed by atoms with Crippen molar-refractivity contribution in [1.29, 1.82) is 0 Å². The Labute approximate surface area is 224 Å². The predicted octanol–water partition coefficient (Wildman–Crippen LogP) is 6.12. The van der Waals surface area contributed by atoms with E-state index in [9.17, 15) is 4.79 Å².